The standard InChI is InChI=1S/C14H28N4O4S2/c1-24-7-5-10(13(20)18-11(8-23)14(21)22)17-12(19)9(16)4-2-3-6-15/h9-11,23H,2-8,15-16H2,1H3,(H,17,19)(H,18,20)(H,21,22). The van der Waals surface area contributed by atoms with Crippen LogP contribution in [-0.2, 0) is 14.4 Å². The Morgan fingerprint density at radius 3 is 2.25 bits per heavy atom. The van der Waals surface area contributed by atoms with Gasteiger partial charge in [0.15, 0.2) is 0 Å². The molecule has 0 aromatic carbocycles. The van der Waals surface area contributed by atoms with Gasteiger partial charge in [-0.15, -0.1) is 0 Å². The van der Waals surface area contributed by atoms with E-state index in [2.05, 4.69) is 23.3 Å². The van der Waals surface area contributed by atoms with Gasteiger partial charge >= 0.3 is 5.97 Å². The van der Waals surface area contributed by atoms with E-state index in [-0.39, 0.29) is 5.75 Å². The van der Waals surface area contributed by atoms with Gasteiger partial charge in [-0.2, -0.15) is 24.4 Å². The van der Waals surface area contributed by atoms with Crippen molar-refractivity contribution in [2.24, 2.45) is 11.5 Å². The summed E-state index contributed by atoms with van der Waals surface area (Å²) in [6.07, 6.45) is 4.25. The van der Waals surface area contributed by atoms with Crippen LogP contribution in [0.4, 0.5) is 0 Å². The summed E-state index contributed by atoms with van der Waals surface area (Å²) in [5.74, 6) is -1.55. The number of nitrogens with two attached hydrogens (primary N) is 2. The van der Waals surface area contributed by atoms with Crippen LogP contribution >= 0.6 is 24.4 Å². The quantitative estimate of drug-likeness (QED) is 0.181. The molecule has 0 aliphatic rings. The van der Waals surface area contributed by atoms with Crippen molar-refractivity contribution in [3.05, 3.63) is 0 Å². The third kappa shape index (κ3) is 9.36. The highest BCUT2D eigenvalue weighted by molar-refractivity contribution is 7.98. The lowest BCUT2D eigenvalue weighted by atomic mass is 10.1. The van der Waals surface area contributed by atoms with Crippen LogP contribution in [0.5, 0.6) is 0 Å². The van der Waals surface area contributed by atoms with E-state index >= 15 is 0 Å². The van der Waals surface area contributed by atoms with E-state index in [4.69, 9.17) is 16.6 Å². The van der Waals surface area contributed by atoms with Crippen LogP contribution in [-0.4, -0.2) is 65.3 Å². The summed E-state index contributed by atoms with van der Waals surface area (Å²) in [4.78, 5) is 35.4. The van der Waals surface area contributed by atoms with E-state index in [9.17, 15) is 14.4 Å². The summed E-state index contributed by atoms with van der Waals surface area (Å²) in [7, 11) is 0. The van der Waals surface area contributed by atoms with E-state index in [0.717, 1.165) is 12.8 Å². The van der Waals surface area contributed by atoms with Crippen molar-refractivity contribution in [1.82, 2.24) is 10.6 Å². The molecule has 0 radical (unpaired) electrons. The number of carboxylic acid groups (broad SMARTS) is 1. The number of thiol groups is 1. The number of hydrogen-bond acceptors (Lipinski definition) is 7. The Morgan fingerprint density at radius 2 is 1.75 bits per heavy atom. The Kier molecular flexibility index (Phi) is 12.8. The van der Waals surface area contributed by atoms with Crippen molar-refractivity contribution < 1.29 is 19.5 Å². The van der Waals surface area contributed by atoms with Gasteiger partial charge in [-0.05, 0) is 37.8 Å². The molecule has 8 nitrogen and oxygen atoms in total. The van der Waals surface area contributed by atoms with Crippen molar-refractivity contribution in [2.75, 3.05) is 24.3 Å². The lowest BCUT2D eigenvalue weighted by Gasteiger charge is -2.22. The van der Waals surface area contributed by atoms with Gasteiger partial charge in [0.1, 0.15) is 12.1 Å². The summed E-state index contributed by atoms with van der Waals surface area (Å²) in [5.41, 5.74) is 11.2. The number of unbranched alkanes of at least 4 members (excludes halogenated alkanes) is 1. The molecule has 0 aromatic heterocycles. The first kappa shape index (κ1) is 23.0. The van der Waals surface area contributed by atoms with Crippen molar-refractivity contribution in [1.29, 1.82) is 0 Å². The van der Waals surface area contributed by atoms with Gasteiger partial charge in [-0.1, -0.05) is 6.42 Å². The summed E-state index contributed by atoms with van der Waals surface area (Å²) < 4.78 is 0. The molecule has 140 valence electrons. The van der Waals surface area contributed by atoms with Crippen LogP contribution in [0.15, 0.2) is 0 Å². The maximum Gasteiger partial charge on any atom is 0.327 e. The lowest BCUT2D eigenvalue weighted by molar-refractivity contribution is -0.141. The summed E-state index contributed by atoms with van der Waals surface area (Å²) in [5, 5.41) is 14.0. The largest absolute Gasteiger partial charge is 0.480 e. The molecule has 0 spiro atoms. The number of hydrogen-bond donors (Lipinski definition) is 6. The average molecular weight is 381 g/mol. The van der Waals surface area contributed by atoms with E-state index in [1.165, 1.54) is 11.8 Å². The molecular formula is C14H28N4O4S2. The van der Waals surface area contributed by atoms with Gasteiger partial charge in [0, 0.05) is 5.75 Å². The molecule has 0 aliphatic heterocycles. The normalized spacial score (nSPS) is 14.5. The summed E-state index contributed by atoms with van der Waals surface area (Å²) in [6.45, 7) is 0.535. The van der Waals surface area contributed by atoms with E-state index in [0.29, 0.717) is 25.1 Å². The predicted molar refractivity (Wildman–Crippen MR) is 99.2 cm³/mol. The highest BCUT2D eigenvalue weighted by atomic mass is 32.2. The molecule has 3 unspecified atom stereocenters. The van der Waals surface area contributed by atoms with Gasteiger partial charge in [0.2, 0.25) is 11.8 Å². The Bertz CT molecular complexity index is 412. The fraction of sp³-hybridized carbons (Fsp3) is 0.786. The number of amides is 2. The molecule has 0 aliphatic carbocycles. The van der Waals surface area contributed by atoms with E-state index < -0.39 is 35.9 Å². The number of nitrogens with one attached hydrogen (secondary N) is 2. The summed E-state index contributed by atoms with van der Waals surface area (Å²) >= 11 is 5.42. The van der Waals surface area contributed by atoms with Gasteiger partial charge in [0.05, 0.1) is 6.04 Å². The first-order chi connectivity index (χ1) is 11.4. The number of thioether (sulfide) groups is 1. The zero-order valence-corrected chi connectivity index (χ0v) is 15.6. The number of carbonyl (C=O) groups excluding carboxylic acids is 2. The molecule has 0 heterocycles. The fourth-order valence-corrected chi connectivity index (χ4v) is 2.60. The Morgan fingerprint density at radius 1 is 1.12 bits per heavy atom. The average Bonchev–Trinajstić information content (AvgIpc) is 2.55. The Labute approximate surface area is 152 Å². The molecule has 2 amide bonds. The Hall–Kier alpha value is -0.970. The van der Waals surface area contributed by atoms with Crippen molar-refractivity contribution in [2.45, 2.75) is 43.8 Å². The van der Waals surface area contributed by atoms with Crippen LogP contribution in [0.3, 0.4) is 0 Å². The molecule has 24 heavy (non-hydrogen) atoms. The van der Waals surface area contributed by atoms with Crippen molar-refractivity contribution >= 4 is 42.2 Å². The maximum absolute atomic E-state index is 12.3. The molecule has 0 saturated heterocycles. The highest BCUT2D eigenvalue weighted by Crippen LogP contribution is 2.04. The second-order valence-electron chi connectivity index (χ2n) is 5.32. The number of aliphatic carboxylic acids is 1. The lowest BCUT2D eigenvalue weighted by Crippen LogP contribution is -2.55. The number of carbonyl (C=O) groups is 3. The molecular weight excluding hydrogens is 352 g/mol. The minimum Gasteiger partial charge on any atom is -0.480 e. The second kappa shape index (κ2) is 13.3. The van der Waals surface area contributed by atoms with Crippen LogP contribution in [0.2, 0.25) is 0 Å². The predicted octanol–water partition coefficient (Wildman–Crippen LogP) is -0.820. The third-order valence-electron chi connectivity index (χ3n) is 3.35. The summed E-state index contributed by atoms with van der Waals surface area (Å²) in [6, 6.07) is -2.65. The molecule has 0 fully saturated rings. The van der Waals surface area contributed by atoms with Crippen LogP contribution < -0.4 is 22.1 Å². The van der Waals surface area contributed by atoms with Crippen molar-refractivity contribution in [3.8, 4) is 0 Å². The smallest absolute Gasteiger partial charge is 0.327 e. The molecule has 0 rings (SSSR count). The van der Waals surface area contributed by atoms with Crippen LogP contribution in [0.25, 0.3) is 0 Å². The Balaban J connectivity index is 4.71. The van der Waals surface area contributed by atoms with Gasteiger partial charge < -0.3 is 27.2 Å². The van der Waals surface area contributed by atoms with Crippen molar-refractivity contribution in [3.63, 3.8) is 0 Å². The van der Waals surface area contributed by atoms with E-state index in [1.54, 1.807) is 0 Å². The van der Waals surface area contributed by atoms with Crippen LogP contribution in [0, 0.1) is 0 Å². The maximum atomic E-state index is 12.3. The minimum atomic E-state index is -1.17. The number of rotatable bonds is 13. The zero-order chi connectivity index (χ0) is 18.5. The monoisotopic (exact) mass is 380 g/mol. The molecule has 7 N–H and O–H groups in total. The second-order valence-corrected chi connectivity index (χ2v) is 6.67. The topological polar surface area (TPSA) is 148 Å². The molecule has 0 bridgehead atoms. The van der Waals surface area contributed by atoms with Gasteiger partial charge in [-0.3, -0.25) is 9.59 Å². The van der Waals surface area contributed by atoms with Gasteiger partial charge in [0.25, 0.3) is 0 Å². The van der Waals surface area contributed by atoms with Crippen LogP contribution in [0.1, 0.15) is 25.7 Å². The molecule has 3 atom stereocenters. The minimum absolute atomic E-state index is 0.0388. The first-order valence-electron chi connectivity index (χ1n) is 7.76. The zero-order valence-electron chi connectivity index (χ0n) is 13.9. The highest BCUT2D eigenvalue weighted by Gasteiger charge is 2.26. The third-order valence-corrected chi connectivity index (χ3v) is 4.36. The van der Waals surface area contributed by atoms with Gasteiger partial charge in [-0.25, -0.2) is 4.79 Å². The SMILES string of the molecule is CSCCC(NC(=O)C(N)CCCCN)C(=O)NC(CS)C(=O)O. The first-order valence-corrected chi connectivity index (χ1v) is 9.79. The molecule has 0 saturated carbocycles. The molecule has 10 heteroatoms. The molecule has 0 aromatic rings. The number of carboxylic acids is 1. The fourth-order valence-electron chi connectivity index (χ4n) is 1.88. The van der Waals surface area contributed by atoms with E-state index in [1.807, 2.05) is 6.26 Å².